The predicted octanol–water partition coefficient (Wildman–Crippen LogP) is 0.413. The van der Waals surface area contributed by atoms with Gasteiger partial charge < -0.3 is 32.6 Å². The summed E-state index contributed by atoms with van der Waals surface area (Å²) < 4.78 is 0. The molecule has 3 rings (SSSR count). The molecule has 1 aliphatic carbocycles. The third kappa shape index (κ3) is 6.69. The molecule has 3 aliphatic rings. The Labute approximate surface area is 190 Å². The van der Waals surface area contributed by atoms with E-state index in [1.54, 1.807) is 4.90 Å². The van der Waals surface area contributed by atoms with E-state index in [0.29, 0.717) is 25.8 Å². The van der Waals surface area contributed by atoms with Crippen molar-refractivity contribution in [2.45, 2.75) is 82.8 Å². The van der Waals surface area contributed by atoms with Crippen LogP contribution in [-0.2, 0) is 14.4 Å². The number of fused-ring (bicyclic) bond motifs is 2. The van der Waals surface area contributed by atoms with E-state index in [4.69, 9.17) is 11.5 Å². The van der Waals surface area contributed by atoms with Crippen molar-refractivity contribution in [3.63, 3.8) is 0 Å². The van der Waals surface area contributed by atoms with Gasteiger partial charge in [0.2, 0.25) is 17.7 Å². The number of nitrogens with zero attached hydrogens (tertiary/aromatic N) is 1. The van der Waals surface area contributed by atoms with Crippen LogP contribution in [0, 0.1) is 5.92 Å². The fraction of sp³-hybridized carbons (Fsp3) is 0.750. The van der Waals surface area contributed by atoms with Crippen molar-refractivity contribution < 1.29 is 29.6 Å². The molecular formula is C20H46N4O5S. The summed E-state index contributed by atoms with van der Waals surface area (Å²) in [7, 11) is 0. The zero-order chi connectivity index (χ0) is 20.0. The van der Waals surface area contributed by atoms with Crippen molar-refractivity contribution in [2.75, 3.05) is 6.54 Å². The van der Waals surface area contributed by atoms with Crippen LogP contribution >= 0.6 is 13.5 Å². The van der Waals surface area contributed by atoms with Gasteiger partial charge in [0.05, 0.1) is 6.04 Å². The highest BCUT2D eigenvalue weighted by Gasteiger charge is 2.59. The second-order valence-electron chi connectivity index (χ2n) is 7.50. The van der Waals surface area contributed by atoms with Gasteiger partial charge in [-0.3, -0.25) is 14.4 Å². The minimum atomic E-state index is -0.993. The molecule has 0 bridgehead atoms. The van der Waals surface area contributed by atoms with Crippen LogP contribution in [-0.4, -0.2) is 57.7 Å². The maximum absolute atomic E-state index is 12.8. The Morgan fingerprint density at radius 3 is 2.47 bits per heavy atom. The Morgan fingerprint density at radius 2 is 1.83 bits per heavy atom. The Bertz CT molecular complexity index is 618. The van der Waals surface area contributed by atoms with E-state index in [2.05, 4.69) is 11.4 Å². The number of rotatable bonds is 1. The zero-order valence-electron chi connectivity index (χ0n) is 18.1. The second-order valence-corrected chi connectivity index (χ2v) is 7.50. The molecule has 9 nitrogen and oxygen atoms in total. The molecule has 0 aromatic carbocycles. The molecule has 0 aromatic rings. The molecule has 2 heterocycles. The lowest BCUT2D eigenvalue weighted by atomic mass is 10.1. The Kier molecular flexibility index (Phi) is 13.9. The molecule has 30 heavy (non-hydrogen) atoms. The van der Waals surface area contributed by atoms with E-state index >= 15 is 0 Å². The predicted molar refractivity (Wildman–Crippen MR) is 128 cm³/mol. The summed E-state index contributed by atoms with van der Waals surface area (Å²) in [6, 6.07) is -1.11. The molecule has 10 heteroatoms. The van der Waals surface area contributed by atoms with Crippen LogP contribution in [0.3, 0.4) is 0 Å². The molecule has 9 N–H and O–H groups in total. The van der Waals surface area contributed by atoms with Gasteiger partial charge in [-0.2, -0.15) is 13.5 Å². The molecule has 0 aromatic heterocycles. The van der Waals surface area contributed by atoms with Gasteiger partial charge in [0, 0.05) is 16.7 Å². The standard InChI is InChI=1S/C18H28N4O3.C2H6.2H2O.H2S.3H2/c19-13-8-5-3-1-2-4-7-12-11-18(12,17(20)25)21-15(23)14-9-6-10-22(14)16(13)24;1-2;;;;;;/h4,7,12-14H,1-3,5-6,8-11,19H2,(H2,20,25)(H,21,23);1-2H3;3*1H2;3*1H/b7-4-;;;;;;;/t12-,13+,14+,18-;;;;;;;/m1......./s1. The lowest BCUT2D eigenvalue weighted by molar-refractivity contribution is -0.140. The number of carbonyl (C=O) groups is 3. The monoisotopic (exact) mass is 454 g/mol. The van der Waals surface area contributed by atoms with Crippen molar-refractivity contribution in [3.05, 3.63) is 12.2 Å². The van der Waals surface area contributed by atoms with Crippen molar-refractivity contribution in [2.24, 2.45) is 17.4 Å². The highest BCUT2D eigenvalue weighted by atomic mass is 32.1. The Morgan fingerprint density at radius 1 is 1.17 bits per heavy atom. The van der Waals surface area contributed by atoms with Crippen molar-refractivity contribution in [3.8, 4) is 0 Å². The lowest BCUT2D eigenvalue weighted by Gasteiger charge is -2.28. The smallest absolute Gasteiger partial charge is 0.243 e. The summed E-state index contributed by atoms with van der Waals surface area (Å²) in [6.45, 7) is 4.54. The average molecular weight is 455 g/mol. The minimum absolute atomic E-state index is 0. The number of carbonyl (C=O) groups excluding carboxylic acids is 3. The van der Waals surface area contributed by atoms with Gasteiger partial charge in [0.1, 0.15) is 11.6 Å². The first-order chi connectivity index (χ1) is 13.0. The maximum Gasteiger partial charge on any atom is 0.243 e. The van der Waals surface area contributed by atoms with Crippen LogP contribution in [0.25, 0.3) is 0 Å². The normalized spacial score (nSPS) is 31.8. The van der Waals surface area contributed by atoms with Crippen LogP contribution in [0.2, 0.25) is 0 Å². The SMILES string of the molecule is CC.NC(=O)[C@@]12C[C@H]1/C=C\CCCCC[C@H](N)C(=O)N1CCC[C@H]1C(=O)N2.O.O.S.[HH].[HH].[HH]. The molecule has 182 valence electrons. The molecule has 0 unspecified atom stereocenters. The van der Waals surface area contributed by atoms with Crippen LogP contribution in [0.4, 0.5) is 0 Å². The van der Waals surface area contributed by atoms with Gasteiger partial charge in [0.25, 0.3) is 0 Å². The number of allylic oxidation sites excluding steroid dienone is 1. The quantitative estimate of drug-likeness (QED) is 0.485. The van der Waals surface area contributed by atoms with Crippen LogP contribution in [0.1, 0.15) is 69.5 Å². The fourth-order valence-electron chi connectivity index (χ4n) is 4.02. The summed E-state index contributed by atoms with van der Waals surface area (Å²) in [6.07, 6.45) is 10.4. The van der Waals surface area contributed by atoms with Crippen LogP contribution in [0.15, 0.2) is 12.2 Å². The first-order valence-electron chi connectivity index (χ1n) is 10.3. The van der Waals surface area contributed by atoms with Gasteiger partial charge in [-0.1, -0.05) is 38.8 Å². The first-order valence-corrected chi connectivity index (χ1v) is 10.3. The Hall–Kier alpha value is -1.62. The van der Waals surface area contributed by atoms with Crippen molar-refractivity contribution in [1.29, 1.82) is 0 Å². The van der Waals surface area contributed by atoms with E-state index in [-0.39, 0.29) is 46.5 Å². The molecular weight excluding hydrogens is 408 g/mol. The molecule has 0 spiro atoms. The first kappa shape index (κ1) is 30.6. The average Bonchev–Trinajstić information content (AvgIpc) is 3.13. The van der Waals surface area contributed by atoms with Gasteiger partial charge in [0.15, 0.2) is 0 Å². The number of hydrogen-bond acceptors (Lipinski definition) is 4. The molecule has 1 saturated carbocycles. The lowest BCUT2D eigenvalue weighted by Crippen LogP contribution is -2.56. The molecule has 2 fully saturated rings. The number of hydrogen-bond donors (Lipinski definition) is 3. The molecule has 3 amide bonds. The highest BCUT2D eigenvalue weighted by Crippen LogP contribution is 2.45. The number of nitrogens with two attached hydrogens (primary N) is 2. The van der Waals surface area contributed by atoms with Gasteiger partial charge >= 0.3 is 0 Å². The molecule has 0 radical (unpaired) electrons. The summed E-state index contributed by atoms with van der Waals surface area (Å²) in [4.78, 5) is 38.9. The summed E-state index contributed by atoms with van der Waals surface area (Å²) in [5.41, 5.74) is 10.6. The largest absolute Gasteiger partial charge is 0.412 e. The number of primary amides is 1. The van der Waals surface area contributed by atoms with E-state index in [9.17, 15) is 14.4 Å². The van der Waals surface area contributed by atoms with Crippen LogP contribution < -0.4 is 16.8 Å². The summed E-state index contributed by atoms with van der Waals surface area (Å²) >= 11 is 0. The number of amides is 3. The highest BCUT2D eigenvalue weighted by molar-refractivity contribution is 7.59. The van der Waals surface area contributed by atoms with E-state index in [1.165, 1.54) is 0 Å². The Balaban J connectivity index is -0.000000318. The third-order valence-electron chi connectivity index (χ3n) is 5.71. The van der Waals surface area contributed by atoms with Crippen molar-refractivity contribution >= 4 is 31.2 Å². The minimum Gasteiger partial charge on any atom is -0.412 e. The zero-order valence-corrected chi connectivity index (χ0v) is 19.1. The van der Waals surface area contributed by atoms with Crippen molar-refractivity contribution in [1.82, 2.24) is 10.2 Å². The number of nitrogens with one attached hydrogen (secondary N) is 1. The van der Waals surface area contributed by atoms with E-state index in [1.807, 2.05) is 19.9 Å². The van der Waals surface area contributed by atoms with E-state index < -0.39 is 23.5 Å². The van der Waals surface area contributed by atoms with Gasteiger partial charge in [-0.25, -0.2) is 0 Å². The summed E-state index contributed by atoms with van der Waals surface area (Å²) in [5.74, 6) is -1.01. The van der Waals surface area contributed by atoms with Gasteiger partial charge in [-0.15, -0.1) is 0 Å². The van der Waals surface area contributed by atoms with Gasteiger partial charge in [-0.05, 0) is 38.5 Å². The topological polar surface area (TPSA) is 182 Å². The van der Waals surface area contributed by atoms with E-state index in [0.717, 1.165) is 32.1 Å². The molecule has 4 atom stereocenters. The van der Waals surface area contributed by atoms with Crippen LogP contribution in [0.5, 0.6) is 0 Å². The summed E-state index contributed by atoms with van der Waals surface area (Å²) in [5, 5.41) is 2.84. The second kappa shape index (κ2) is 13.6. The molecule has 1 saturated heterocycles. The maximum atomic E-state index is 12.8. The molecule has 2 aliphatic heterocycles. The fourth-order valence-corrected chi connectivity index (χ4v) is 4.02. The third-order valence-corrected chi connectivity index (χ3v) is 5.71.